The Morgan fingerprint density at radius 1 is 1.25 bits per heavy atom. The van der Waals surface area contributed by atoms with E-state index in [9.17, 15) is 4.79 Å². The van der Waals surface area contributed by atoms with Crippen LogP contribution in [0.4, 0.5) is 4.79 Å². The molecule has 1 heterocycles. The molecule has 1 saturated carbocycles. The van der Waals surface area contributed by atoms with E-state index in [2.05, 4.69) is 17.4 Å². The van der Waals surface area contributed by atoms with Gasteiger partial charge < -0.3 is 15.0 Å². The molecule has 4 nitrogen and oxygen atoms in total. The molecule has 1 aromatic carbocycles. The Kier molecular flexibility index (Phi) is 5.35. The van der Waals surface area contributed by atoms with E-state index in [-0.39, 0.29) is 11.5 Å². The Bertz CT molecular complexity index is 769. The summed E-state index contributed by atoms with van der Waals surface area (Å²) in [5.41, 5.74) is 2.60. The van der Waals surface area contributed by atoms with Gasteiger partial charge in [0.2, 0.25) is 0 Å². The molecular weight excluding hydrogens is 395 g/mol. The van der Waals surface area contributed by atoms with E-state index in [1.807, 2.05) is 25.7 Å². The Balaban J connectivity index is 1.26. The van der Waals surface area contributed by atoms with Crippen molar-refractivity contribution < 1.29 is 9.53 Å². The van der Waals surface area contributed by atoms with E-state index in [0.717, 1.165) is 38.9 Å². The number of nitrogens with zero attached hydrogens (tertiary/aromatic N) is 1. The molecule has 2 fully saturated rings. The van der Waals surface area contributed by atoms with Crippen LogP contribution in [0.25, 0.3) is 0 Å². The number of ether oxygens (including phenoxy) is 1. The summed E-state index contributed by atoms with van der Waals surface area (Å²) >= 11 is 12.5. The predicted octanol–water partition coefficient (Wildman–Crippen LogP) is 5.19. The van der Waals surface area contributed by atoms with Gasteiger partial charge in [-0.05, 0) is 88.6 Å². The Hall–Kier alpha value is -0.970. The van der Waals surface area contributed by atoms with Crippen LogP contribution < -0.4 is 5.32 Å². The lowest BCUT2D eigenvalue weighted by atomic mass is 9.95. The molecule has 3 aliphatic rings. The van der Waals surface area contributed by atoms with Gasteiger partial charge in [-0.15, -0.1) is 0 Å². The highest BCUT2D eigenvalue weighted by Gasteiger charge is 2.58. The highest BCUT2D eigenvalue weighted by Crippen LogP contribution is 2.57. The normalized spacial score (nSPS) is 27.2. The van der Waals surface area contributed by atoms with Gasteiger partial charge in [-0.3, -0.25) is 0 Å². The molecule has 2 atom stereocenters. The smallest absolute Gasteiger partial charge is 0.410 e. The molecule has 1 aromatic rings. The summed E-state index contributed by atoms with van der Waals surface area (Å²) in [4.78, 5) is 14.0. The number of nitrogens with one attached hydrogen (secondary N) is 1. The van der Waals surface area contributed by atoms with Gasteiger partial charge in [0, 0.05) is 24.5 Å². The van der Waals surface area contributed by atoms with Crippen LogP contribution in [0.5, 0.6) is 0 Å². The molecule has 0 bridgehead atoms. The van der Waals surface area contributed by atoms with Crippen LogP contribution in [0.1, 0.15) is 57.6 Å². The number of halogens is 2. The molecule has 28 heavy (non-hydrogen) atoms. The number of aryl methyl sites for hydroxylation is 1. The van der Waals surface area contributed by atoms with Gasteiger partial charge in [0.15, 0.2) is 0 Å². The van der Waals surface area contributed by atoms with Crippen molar-refractivity contribution in [2.24, 2.45) is 5.92 Å². The topological polar surface area (TPSA) is 41.6 Å². The maximum Gasteiger partial charge on any atom is 0.410 e. The van der Waals surface area contributed by atoms with Crippen LogP contribution in [0.15, 0.2) is 12.1 Å². The average Bonchev–Trinajstić information content (AvgIpc) is 3.23. The number of piperidine rings is 1. The summed E-state index contributed by atoms with van der Waals surface area (Å²) in [6.07, 6.45) is 5.35. The molecule has 2 aliphatic carbocycles. The number of fused-ring (bicyclic) bond motifs is 2. The van der Waals surface area contributed by atoms with Crippen molar-refractivity contribution in [3.05, 3.63) is 33.3 Å². The summed E-state index contributed by atoms with van der Waals surface area (Å²) in [6, 6.07) is 4.68. The second-order valence-electron chi connectivity index (χ2n) is 9.66. The summed E-state index contributed by atoms with van der Waals surface area (Å²) in [7, 11) is 0. The largest absolute Gasteiger partial charge is 0.444 e. The van der Waals surface area contributed by atoms with E-state index in [4.69, 9.17) is 27.9 Å². The summed E-state index contributed by atoms with van der Waals surface area (Å²) in [5, 5.41) is 5.14. The molecule has 2 unspecified atom stereocenters. The van der Waals surface area contributed by atoms with Crippen LogP contribution in [0.3, 0.4) is 0 Å². The van der Waals surface area contributed by atoms with Crippen molar-refractivity contribution in [3.63, 3.8) is 0 Å². The van der Waals surface area contributed by atoms with Crippen molar-refractivity contribution in [3.8, 4) is 0 Å². The number of hydrogen-bond donors (Lipinski definition) is 1. The fourth-order valence-corrected chi connectivity index (χ4v) is 5.20. The molecule has 6 heteroatoms. The van der Waals surface area contributed by atoms with E-state index in [0.29, 0.717) is 22.0 Å². The molecule has 1 aliphatic heterocycles. The van der Waals surface area contributed by atoms with Gasteiger partial charge in [0.1, 0.15) is 5.60 Å². The predicted molar refractivity (Wildman–Crippen MR) is 113 cm³/mol. The Labute approximate surface area is 177 Å². The summed E-state index contributed by atoms with van der Waals surface area (Å²) in [6.45, 7) is 8.33. The standard InChI is InChI=1S/C22H30Cl2N2O2/c1-21(2,3)28-20(27)26-8-5-14(6-9-26)13-25-19-12-22(19)7-4-15-10-17(23)18(24)11-16(15)22/h10-11,14,19,25H,4-9,12-13H2,1-3H3. The van der Waals surface area contributed by atoms with Gasteiger partial charge in [-0.1, -0.05) is 23.2 Å². The van der Waals surface area contributed by atoms with Gasteiger partial charge in [0.05, 0.1) is 10.0 Å². The van der Waals surface area contributed by atoms with Gasteiger partial charge >= 0.3 is 6.09 Å². The van der Waals surface area contributed by atoms with Crippen molar-refractivity contribution in [2.45, 2.75) is 69.9 Å². The zero-order chi connectivity index (χ0) is 20.1. The minimum atomic E-state index is -0.430. The zero-order valence-corrected chi connectivity index (χ0v) is 18.5. The fraction of sp³-hybridized carbons (Fsp3) is 0.682. The maximum atomic E-state index is 12.2. The number of carbonyl (C=O) groups is 1. The van der Waals surface area contributed by atoms with Gasteiger partial charge in [0.25, 0.3) is 0 Å². The number of rotatable bonds is 3. The van der Waals surface area contributed by atoms with E-state index in [1.54, 1.807) is 0 Å². The van der Waals surface area contributed by atoms with E-state index in [1.165, 1.54) is 24.0 Å². The molecule has 1 saturated heterocycles. The summed E-state index contributed by atoms with van der Waals surface area (Å²) < 4.78 is 5.49. The second-order valence-corrected chi connectivity index (χ2v) is 10.5. The molecule has 1 spiro atoms. The Morgan fingerprint density at radius 3 is 2.61 bits per heavy atom. The second kappa shape index (κ2) is 7.37. The lowest BCUT2D eigenvalue weighted by molar-refractivity contribution is 0.0184. The first kappa shape index (κ1) is 20.3. The first-order valence-corrected chi connectivity index (χ1v) is 11.1. The zero-order valence-electron chi connectivity index (χ0n) is 17.0. The highest BCUT2D eigenvalue weighted by molar-refractivity contribution is 6.42. The Morgan fingerprint density at radius 2 is 1.93 bits per heavy atom. The molecule has 0 radical (unpaired) electrons. The number of hydrogen-bond acceptors (Lipinski definition) is 3. The highest BCUT2D eigenvalue weighted by atomic mass is 35.5. The van der Waals surface area contributed by atoms with Crippen LogP contribution >= 0.6 is 23.2 Å². The molecule has 1 N–H and O–H groups in total. The number of amides is 1. The third-order valence-corrected chi connectivity index (χ3v) is 7.24. The van der Waals surface area contributed by atoms with Crippen molar-refractivity contribution >= 4 is 29.3 Å². The maximum absolute atomic E-state index is 12.2. The van der Waals surface area contributed by atoms with E-state index >= 15 is 0 Å². The molecule has 1 amide bonds. The first-order valence-electron chi connectivity index (χ1n) is 10.4. The van der Waals surface area contributed by atoms with E-state index < -0.39 is 5.60 Å². The third kappa shape index (κ3) is 4.01. The molecule has 0 aromatic heterocycles. The van der Waals surface area contributed by atoms with Crippen LogP contribution in [0.2, 0.25) is 10.0 Å². The average molecular weight is 425 g/mol. The third-order valence-electron chi connectivity index (χ3n) is 6.52. The van der Waals surface area contributed by atoms with Crippen molar-refractivity contribution in [1.29, 1.82) is 0 Å². The molecule has 154 valence electrons. The van der Waals surface area contributed by atoms with Crippen LogP contribution in [0, 0.1) is 5.92 Å². The minimum absolute atomic E-state index is 0.182. The van der Waals surface area contributed by atoms with Crippen molar-refractivity contribution in [1.82, 2.24) is 10.2 Å². The number of benzene rings is 1. The lowest BCUT2D eigenvalue weighted by Gasteiger charge is -2.33. The first-order chi connectivity index (χ1) is 13.2. The number of likely N-dealkylation sites (tertiary alicyclic amines) is 1. The molecular formula is C22H30Cl2N2O2. The van der Waals surface area contributed by atoms with Gasteiger partial charge in [-0.2, -0.15) is 0 Å². The van der Waals surface area contributed by atoms with Crippen LogP contribution in [-0.2, 0) is 16.6 Å². The SMILES string of the molecule is CC(C)(C)OC(=O)N1CCC(CNC2CC23CCc2cc(Cl)c(Cl)cc23)CC1. The minimum Gasteiger partial charge on any atom is -0.444 e. The lowest BCUT2D eigenvalue weighted by Crippen LogP contribution is -2.43. The van der Waals surface area contributed by atoms with Crippen LogP contribution in [-0.4, -0.2) is 42.3 Å². The monoisotopic (exact) mass is 424 g/mol. The summed E-state index contributed by atoms with van der Waals surface area (Å²) in [5.74, 6) is 0.617. The quantitative estimate of drug-likeness (QED) is 0.725. The molecule has 4 rings (SSSR count). The number of carbonyl (C=O) groups excluding carboxylic acids is 1. The van der Waals surface area contributed by atoms with Crippen molar-refractivity contribution in [2.75, 3.05) is 19.6 Å². The van der Waals surface area contributed by atoms with Gasteiger partial charge in [-0.25, -0.2) is 4.79 Å². The fourth-order valence-electron chi connectivity index (χ4n) is 4.85.